The molecule has 1 amide bonds. The minimum absolute atomic E-state index is 0.217. The summed E-state index contributed by atoms with van der Waals surface area (Å²) in [5, 5.41) is 3.51. The number of carbonyl (C=O) groups is 1. The van der Waals surface area contributed by atoms with Crippen molar-refractivity contribution in [2.24, 2.45) is 0 Å². The second kappa shape index (κ2) is 8.16. The number of halogens is 1. The Kier molecular flexibility index (Phi) is 5.42. The number of benzene rings is 2. The molecular weight excluding hydrogens is 400 g/mol. The third-order valence-electron chi connectivity index (χ3n) is 4.96. The molecule has 0 bridgehead atoms. The van der Waals surface area contributed by atoms with Crippen LogP contribution in [-0.4, -0.2) is 27.6 Å². The van der Waals surface area contributed by atoms with Crippen molar-refractivity contribution in [3.8, 4) is 5.75 Å². The Hall–Kier alpha value is -3.38. The summed E-state index contributed by atoms with van der Waals surface area (Å²) in [6.45, 7) is 4.47. The molecule has 0 saturated carbocycles. The topological polar surface area (TPSA) is 69.0 Å². The van der Waals surface area contributed by atoms with Crippen molar-refractivity contribution in [2.75, 3.05) is 12.4 Å². The number of ether oxygens (including phenoxy) is 1. The van der Waals surface area contributed by atoms with Crippen LogP contribution in [-0.2, 0) is 6.54 Å². The summed E-state index contributed by atoms with van der Waals surface area (Å²) in [5.74, 6) is 1.46. The van der Waals surface area contributed by atoms with Crippen LogP contribution in [0, 0.1) is 13.8 Å². The largest absolute Gasteiger partial charge is 0.497 e. The first-order valence-corrected chi connectivity index (χ1v) is 9.86. The van der Waals surface area contributed by atoms with Gasteiger partial charge in [0, 0.05) is 10.6 Å². The fourth-order valence-corrected chi connectivity index (χ4v) is 3.40. The average molecular weight is 421 g/mol. The van der Waals surface area contributed by atoms with Crippen molar-refractivity contribution in [1.82, 2.24) is 14.5 Å². The number of aromatic nitrogens is 3. The molecule has 0 saturated heterocycles. The first kappa shape index (κ1) is 19.9. The lowest BCUT2D eigenvalue weighted by molar-refractivity contribution is 0.102. The zero-order valence-electron chi connectivity index (χ0n) is 16.9. The Labute approximate surface area is 179 Å². The van der Waals surface area contributed by atoms with Gasteiger partial charge in [0.2, 0.25) is 0 Å². The lowest BCUT2D eigenvalue weighted by atomic mass is 10.2. The summed E-state index contributed by atoms with van der Waals surface area (Å²) in [5.41, 5.74) is 4.53. The highest BCUT2D eigenvalue weighted by atomic mass is 35.5. The van der Waals surface area contributed by atoms with E-state index in [1.54, 1.807) is 31.4 Å². The zero-order valence-corrected chi connectivity index (χ0v) is 17.7. The van der Waals surface area contributed by atoms with Gasteiger partial charge in [-0.05, 0) is 61.9 Å². The molecule has 2 heterocycles. The van der Waals surface area contributed by atoms with Gasteiger partial charge >= 0.3 is 0 Å². The lowest BCUT2D eigenvalue weighted by Crippen LogP contribution is -2.13. The van der Waals surface area contributed by atoms with E-state index in [0.29, 0.717) is 22.8 Å². The Morgan fingerprint density at radius 2 is 1.77 bits per heavy atom. The quantitative estimate of drug-likeness (QED) is 0.492. The summed E-state index contributed by atoms with van der Waals surface area (Å²) in [4.78, 5) is 21.9. The Bertz CT molecular complexity index is 1210. The normalized spacial score (nSPS) is 10.9. The van der Waals surface area contributed by atoms with Crippen LogP contribution in [0.4, 0.5) is 5.69 Å². The van der Waals surface area contributed by atoms with E-state index >= 15 is 0 Å². The molecule has 6 nitrogen and oxygen atoms in total. The highest BCUT2D eigenvalue weighted by Crippen LogP contribution is 2.23. The van der Waals surface area contributed by atoms with Crippen LogP contribution in [0.5, 0.6) is 5.75 Å². The van der Waals surface area contributed by atoms with E-state index in [1.807, 2.05) is 44.2 Å². The molecular formula is C23H21ClN4O2. The number of hydrogen-bond acceptors (Lipinski definition) is 4. The van der Waals surface area contributed by atoms with E-state index in [2.05, 4.69) is 14.9 Å². The van der Waals surface area contributed by atoms with Crippen LogP contribution in [0.1, 0.15) is 27.4 Å². The van der Waals surface area contributed by atoms with E-state index in [9.17, 15) is 4.79 Å². The van der Waals surface area contributed by atoms with Crippen molar-refractivity contribution in [2.45, 2.75) is 20.4 Å². The van der Waals surface area contributed by atoms with Crippen molar-refractivity contribution in [1.29, 1.82) is 0 Å². The van der Waals surface area contributed by atoms with Crippen molar-refractivity contribution < 1.29 is 9.53 Å². The number of methoxy groups -OCH3 is 1. The van der Waals surface area contributed by atoms with Crippen LogP contribution in [0.2, 0.25) is 5.02 Å². The number of amides is 1. The summed E-state index contributed by atoms with van der Waals surface area (Å²) < 4.78 is 7.29. The van der Waals surface area contributed by atoms with Crippen LogP contribution in [0.25, 0.3) is 11.2 Å². The van der Waals surface area contributed by atoms with E-state index in [0.717, 1.165) is 34.0 Å². The molecule has 0 radical (unpaired) electrons. The van der Waals surface area contributed by atoms with Crippen LogP contribution in [0.3, 0.4) is 0 Å². The molecule has 2 aromatic heterocycles. The lowest BCUT2D eigenvalue weighted by Gasteiger charge is -2.10. The Morgan fingerprint density at radius 1 is 1.07 bits per heavy atom. The molecule has 152 valence electrons. The summed E-state index contributed by atoms with van der Waals surface area (Å²) >= 11 is 5.90. The third-order valence-corrected chi connectivity index (χ3v) is 5.21. The Morgan fingerprint density at radius 3 is 2.43 bits per heavy atom. The maximum absolute atomic E-state index is 12.6. The highest BCUT2D eigenvalue weighted by molar-refractivity contribution is 6.30. The first-order valence-electron chi connectivity index (χ1n) is 9.49. The number of aryl methyl sites for hydroxylation is 2. The number of nitrogens with one attached hydrogen (secondary N) is 1. The molecule has 0 unspecified atom stereocenters. The molecule has 0 spiro atoms. The van der Waals surface area contributed by atoms with E-state index in [4.69, 9.17) is 21.3 Å². The second-order valence-electron chi connectivity index (χ2n) is 7.02. The maximum Gasteiger partial charge on any atom is 0.255 e. The van der Waals surface area contributed by atoms with Gasteiger partial charge in [0.05, 0.1) is 25.0 Å². The number of hydrogen-bond donors (Lipinski definition) is 1. The van der Waals surface area contributed by atoms with Gasteiger partial charge in [-0.1, -0.05) is 23.7 Å². The van der Waals surface area contributed by atoms with Crippen molar-refractivity contribution in [3.05, 3.63) is 82.3 Å². The second-order valence-corrected chi connectivity index (χ2v) is 7.45. The zero-order chi connectivity index (χ0) is 21.3. The van der Waals surface area contributed by atoms with E-state index in [1.165, 1.54) is 0 Å². The van der Waals surface area contributed by atoms with Gasteiger partial charge in [-0.15, -0.1) is 0 Å². The number of fused-ring (bicyclic) bond motifs is 1. The minimum Gasteiger partial charge on any atom is -0.497 e. The number of anilines is 1. The number of carbonyl (C=O) groups excluding carboxylic acids is 1. The van der Waals surface area contributed by atoms with Gasteiger partial charge in [0.15, 0.2) is 5.65 Å². The molecule has 1 N–H and O–H groups in total. The van der Waals surface area contributed by atoms with E-state index in [-0.39, 0.29) is 5.91 Å². The van der Waals surface area contributed by atoms with Crippen LogP contribution < -0.4 is 10.1 Å². The Balaban J connectivity index is 1.62. The third kappa shape index (κ3) is 4.00. The molecule has 30 heavy (non-hydrogen) atoms. The first-order chi connectivity index (χ1) is 14.4. The molecule has 4 aromatic rings. The smallest absolute Gasteiger partial charge is 0.255 e. The molecule has 2 aromatic carbocycles. The fourth-order valence-electron chi connectivity index (χ4n) is 3.28. The molecule has 0 aliphatic carbocycles. The van der Waals surface area contributed by atoms with Gasteiger partial charge in [-0.25, -0.2) is 9.97 Å². The van der Waals surface area contributed by atoms with Gasteiger partial charge in [0.25, 0.3) is 5.91 Å². The monoisotopic (exact) mass is 420 g/mol. The molecule has 0 atom stereocenters. The van der Waals surface area contributed by atoms with Gasteiger partial charge in [-0.2, -0.15) is 0 Å². The van der Waals surface area contributed by atoms with E-state index < -0.39 is 0 Å². The summed E-state index contributed by atoms with van der Waals surface area (Å²) in [7, 11) is 1.65. The van der Waals surface area contributed by atoms with Gasteiger partial charge < -0.3 is 14.6 Å². The van der Waals surface area contributed by atoms with Crippen LogP contribution >= 0.6 is 11.6 Å². The molecule has 0 aliphatic rings. The number of pyridine rings is 1. The van der Waals surface area contributed by atoms with Gasteiger partial charge in [-0.3, -0.25) is 4.79 Å². The predicted octanol–water partition coefficient (Wildman–Crippen LogP) is 5.01. The van der Waals surface area contributed by atoms with Crippen molar-refractivity contribution in [3.63, 3.8) is 0 Å². The van der Waals surface area contributed by atoms with Crippen molar-refractivity contribution >= 4 is 34.4 Å². The standard InChI is InChI=1S/C23H21ClN4O2/c1-14-20(27-23(29)17-6-8-18(24)9-7-17)12-21-22(25-14)28(15(2)26-21)13-16-4-10-19(30-3)11-5-16/h4-12H,13H2,1-3H3,(H,27,29). The average Bonchev–Trinajstić information content (AvgIpc) is 3.03. The number of imidazole rings is 1. The highest BCUT2D eigenvalue weighted by Gasteiger charge is 2.15. The molecule has 0 aliphatic heterocycles. The summed E-state index contributed by atoms with van der Waals surface area (Å²) in [6.07, 6.45) is 0. The maximum atomic E-state index is 12.6. The SMILES string of the molecule is COc1ccc(Cn2c(C)nc3cc(NC(=O)c4ccc(Cl)cc4)c(C)nc32)cc1. The molecule has 4 rings (SSSR count). The van der Waals surface area contributed by atoms with Crippen LogP contribution in [0.15, 0.2) is 54.6 Å². The van der Waals surface area contributed by atoms with Gasteiger partial charge in [0.1, 0.15) is 17.1 Å². The predicted molar refractivity (Wildman–Crippen MR) is 119 cm³/mol. The number of nitrogens with zero attached hydrogens (tertiary/aromatic N) is 3. The number of rotatable bonds is 5. The minimum atomic E-state index is -0.217. The molecule has 7 heteroatoms. The molecule has 0 fully saturated rings. The summed E-state index contributed by atoms with van der Waals surface area (Å²) in [6, 6.07) is 16.5. The fraction of sp³-hybridized carbons (Fsp3) is 0.174.